The van der Waals surface area contributed by atoms with Gasteiger partial charge in [-0.3, -0.25) is 0 Å². The van der Waals surface area contributed by atoms with Gasteiger partial charge in [-0.1, -0.05) is 23.7 Å². The molecule has 1 heterocycles. The molecule has 3 nitrogen and oxygen atoms in total. The fourth-order valence-electron chi connectivity index (χ4n) is 1.78. The number of aryl methyl sites for hydroxylation is 2. The van der Waals surface area contributed by atoms with Crippen molar-refractivity contribution in [1.82, 2.24) is 5.32 Å². The van der Waals surface area contributed by atoms with Gasteiger partial charge in [-0.15, -0.1) is 0 Å². The van der Waals surface area contributed by atoms with Crippen LogP contribution in [0.25, 0.3) is 0 Å². The fraction of sp³-hybridized carbons (Fsp3) is 0.333. The van der Waals surface area contributed by atoms with Crippen molar-refractivity contribution in [2.45, 2.75) is 20.4 Å². The van der Waals surface area contributed by atoms with Crippen molar-refractivity contribution in [3.05, 3.63) is 52.4 Å². The Morgan fingerprint density at radius 3 is 2.74 bits per heavy atom. The zero-order valence-corrected chi connectivity index (χ0v) is 12.0. The average Bonchev–Trinajstić information content (AvgIpc) is 2.90. The third kappa shape index (κ3) is 3.75. The number of furan rings is 1. The van der Waals surface area contributed by atoms with Crippen LogP contribution in [0.5, 0.6) is 5.75 Å². The van der Waals surface area contributed by atoms with Crippen LogP contribution in [0.3, 0.4) is 0 Å². The molecule has 102 valence electrons. The van der Waals surface area contributed by atoms with E-state index in [2.05, 4.69) is 5.32 Å². The summed E-state index contributed by atoms with van der Waals surface area (Å²) in [7, 11) is 0. The van der Waals surface area contributed by atoms with Crippen molar-refractivity contribution in [1.29, 1.82) is 0 Å². The summed E-state index contributed by atoms with van der Waals surface area (Å²) < 4.78 is 11.0. The lowest BCUT2D eigenvalue weighted by atomic mass is 10.1. The van der Waals surface area contributed by atoms with Gasteiger partial charge < -0.3 is 14.5 Å². The van der Waals surface area contributed by atoms with E-state index < -0.39 is 0 Å². The predicted octanol–water partition coefficient (Wildman–Crippen LogP) is 3.72. The van der Waals surface area contributed by atoms with Gasteiger partial charge in [0, 0.05) is 6.54 Å². The second-order valence-corrected chi connectivity index (χ2v) is 4.83. The van der Waals surface area contributed by atoms with Crippen LogP contribution in [0, 0.1) is 13.8 Å². The Bertz CT molecular complexity index is 523. The number of benzene rings is 1. The standard InChI is InChI=1S/C15H18ClNO2/c1-11-5-6-12(2)15(14(11)16)19-9-7-17-10-13-4-3-8-18-13/h3-6,8,17H,7,9-10H2,1-2H3. The highest BCUT2D eigenvalue weighted by molar-refractivity contribution is 6.32. The van der Waals surface area contributed by atoms with Crippen LogP contribution in [-0.2, 0) is 6.54 Å². The van der Waals surface area contributed by atoms with E-state index in [0.29, 0.717) is 18.2 Å². The summed E-state index contributed by atoms with van der Waals surface area (Å²) >= 11 is 6.23. The predicted molar refractivity (Wildman–Crippen MR) is 76.8 cm³/mol. The minimum Gasteiger partial charge on any atom is -0.490 e. The number of hydrogen-bond acceptors (Lipinski definition) is 3. The topological polar surface area (TPSA) is 34.4 Å². The molecule has 0 amide bonds. The van der Waals surface area contributed by atoms with Crippen molar-refractivity contribution < 1.29 is 9.15 Å². The van der Waals surface area contributed by atoms with E-state index in [-0.39, 0.29) is 0 Å². The molecule has 1 aromatic carbocycles. The maximum absolute atomic E-state index is 6.23. The first-order valence-corrected chi connectivity index (χ1v) is 6.68. The highest BCUT2D eigenvalue weighted by atomic mass is 35.5. The maximum Gasteiger partial charge on any atom is 0.141 e. The molecule has 0 atom stereocenters. The van der Waals surface area contributed by atoms with Gasteiger partial charge in [0.2, 0.25) is 0 Å². The molecule has 2 rings (SSSR count). The molecule has 4 heteroatoms. The fourth-order valence-corrected chi connectivity index (χ4v) is 2.04. The van der Waals surface area contributed by atoms with Crippen LogP contribution in [0.2, 0.25) is 5.02 Å². The molecule has 0 aliphatic rings. The van der Waals surface area contributed by atoms with E-state index in [1.807, 2.05) is 38.1 Å². The number of rotatable bonds is 6. The second-order valence-electron chi connectivity index (χ2n) is 4.45. The Labute approximate surface area is 118 Å². The first-order chi connectivity index (χ1) is 9.18. The van der Waals surface area contributed by atoms with Crippen LogP contribution in [0.1, 0.15) is 16.9 Å². The van der Waals surface area contributed by atoms with Crippen LogP contribution < -0.4 is 10.1 Å². The molecule has 0 saturated heterocycles. The lowest BCUT2D eigenvalue weighted by Gasteiger charge is -2.12. The van der Waals surface area contributed by atoms with Crippen LogP contribution in [-0.4, -0.2) is 13.2 Å². The van der Waals surface area contributed by atoms with Gasteiger partial charge in [0.05, 0.1) is 17.8 Å². The summed E-state index contributed by atoms with van der Waals surface area (Å²) in [4.78, 5) is 0. The minimum absolute atomic E-state index is 0.574. The van der Waals surface area contributed by atoms with E-state index in [0.717, 1.165) is 29.2 Å². The second kappa shape index (κ2) is 6.64. The van der Waals surface area contributed by atoms with Gasteiger partial charge in [-0.05, 0) is 37.1 Å². The third-order valence-electron chi connectivity index (χ3n) is 2.89. The minimum atomic E-state index is 0.574. The molecule has 19 heavy (non-hydrogen) atoms. The first-order valence-electron chi connectivity index (χ1n) is 6.30. The number of nitrogens with one attached hydrogen (secondary N) is 1. The lowest BCUT2D eigenvalue weighted by Crippen LogP contribution is -2.20. The quantitative estimate of drug-likeness (QED) is 0.819. The van der Waals surface area contributed by atoms with E-state index >= 15 is 0 Å². The van der Waals surface area contributed by atoms with E-state index in [1.165, 1.54) is 0 Å². The average molecular weight is 280 g/mol. The molecule has 0 spiro atoms. The van der Waals surface area contributed by atoms with Gasteiger partial charge in [0.1, 0.15) is 18.1 Å². The zero-order valence-electron chi connectivity index (χ0n) is 11.2. The third-order valence-corrected chi connectivity index (χ3v) is 3.36. The van der Waals surface area contributed by atoms with Crippen LogP contribution in [0.15, 0.2) is 34.9 Å². The molecule has 0 unspecified atom stereocenters. The number of ether oxygens (including phenoxy) is 1. The van der Waals surface area contributed by atoms with Gasteiger partial charge >= 0.3 is 0 Å². The van der Waals surface area contributed by atoms with E-state index in [4.69, 9.17) is 20.8 Å². The summed E-state index contributed by atoms with van der Waals surface area (Å²) in [6.45, 7) is 5.99. The Hall–Kier alpha value is -1.45. The van der Waals surface area contributed by atoms with Gasteiger partial charge in [0.25, 0.3) is 0 Å². The van der Waals surface area contributed by atoms with Gasteiger partial charge in [-0.25, -0.2) is 0 Å². The molecule has 1 N–H and O–H groups in total. The molecule has 0 saturated carbocycles. The maximum atomic E-state index is 6.23. The Kier molecular flexibility index (Phi) is 4.88. The molecule has 1 aromatic heterocycles. The molecule has 0 aliphatic carbocycles. The monoisotopic (exact) mass is 279 g/mol. The lowest BCUT2D eigenvalue weighted by molar-refractivity contribution is 0.309. The van der Waals surface area contributed by atoms with Crippen molar-refractivity contribution in [2.24, 2.45) is 0 Å². The van der Waals surface area contributed by atoms with Gasteiger partial charge in [-0.2, -0.15) is 0 Å². The summed E-state index contributed by atoms with van der Waals surface area (Å²) in [5.74, 6) is 1.70. The zero-order chi connectivity index (χ0) is 13.7. The van der Waals surface area contributed by atoms with Crippen LogP contribution in [0.4, 0.5) is 0 Å². The van der Waals surface area contributed by atoms with Crippen molar-refractivity contribution in [3.8, 4) is 5.75 Å². The molecule has 2 aromatic rings. The summed E-state index contributed by atoms with van der Waals surface area (Å²) in [5.41, 5.74) is 2.09. The van der Waals surface area contributed by atoms with Crippen molar-refractivity contribution >= 4 is 11.6 Å². The van der Waals surface area contributed by atoms with Crippen molar-refractivity contribution in [2.75, 3.05) is 13.2 Å². The van der Waals surface area contributed by atoms with Crippen molar-refractivity contribution in [3.63, 3.8) is 0 Å². The van der Waals surface area contributed by atoms with Gasteiger partial charge in [0.15, 0.2) is 0 Å². The summed E-state index contributed by atoms with van der Waals surface area (Å²) in [5, 5.41) is 3.95. The molecule has 0 fully saturated rings. The number of hydrogen-bond donors (Lipinski definition) is 1. The largest absolute Gasteiger partial charge is 0.490 e. The molecular weight excluding hydrogens is 262 g/mol. The Morgan fingerprint density at radius 1 is 1.21 bits per heavy atom. The molecule has 0 aliphatic heterocycles. The van der Waals surface area contributed by atoms with E-state index in [9.17, 15) is 0 Å². The van der Waals surface area contributed by atoms with E-state index in [1.54, 1.807) is 6.26 Å². The molecular formula is C15H18ClNO2. The summed E-state index contributed by atoms with van der Waals surface area (Å²) in [6.07, 6.45) is 1.67. The molecule has 0 radical (unpaired) electrons. The summed E-state index contributed by atoms with van der Waals surface area (Å²) in [6, 6.07) is 7.84. The molecule has 0 bridgehead atoms. The number of halogens is 1. The normalized spacial score (nSPS) is 10.7. The SMILES string of the molecule is Cc1ccc(C)c(OCCNCc2ccco2)c1Cl. The Morgan fingerprint density at radius 2 is 2.00 bits per heavy atom. The highest BCUT2D eigenvalue weighted by Gasteiger charge is 2.07. The Balaban J connectivity index is 1.78. The first kappa shape index (κ1) is 14.0. The smallest absolute Gasteiger partial charge is 0.141 e. The highest BCUT2D eigenvalue weighted by Crippen LogP contribution is 2.31. The van der Waals surface area contributed by atoms with Crippen LogP contribution >= 0.6 is 11.6 Å².